The minimum atomic E-state index is -0.437. The number of carbonyl (C=O) groups is 1. The molecule has 0 spiro atoms. The maximum atomic E-state index is 11.1. The number of nitrogens with zero attached hydrogens (tertiary/aromatic N) is 3. The summed E-state index contributed by atoms with van der Waals surface area (Å²) in [6, 6.07) is 0. The van der Waals surface area contributed by atoms with E-state index in [1.54, 1.807) is 4.90 Å². The van der Waals surface area contributed by atoms with Gasteiger partial charge in [0, 0.05) is 6.54 Å². The molecule has 0 aromatic carbocycles. The molecule has 7 nitrogen and oxygen atoms in total. The molecule has 18 heavy (non-hydrogen) atoms. The molecule has 0 saturated heterocycles. The van der Waals surface area contributed by atoms with Gasteiger partial charge in [-0.3, -0.25) is 4.79 Å². The molecule has 7 heteroatoms. The van der Waals surface area contributed by atoms with Gasteiger partial charge in [0.2, 0.25) is 11.8 Å². The van der Waals surface area contributed by atoms with E-state index >= 15 is 0 Å². The summed E-state index contributed by atoms with van der Waals surface area (Å²) >= 11 is 0. The summed E-state index contributed by atoms with van der Waals surface area (Å²) in [6.45, 7) is 4.74. The molecule has 1 aromatic heterocycles. The molecule has 0 saturated carbocycles. The van der Waals surface area contributed by atoms with E-state index in [1.165, 1.54) is 13.4 Å². The lowest BCUT2D eigenvalue weighted by atomic mass is 10.2. The summed E-state index contributed by atoms with van der Waals surface area (Å²) in [6.07, 6.45) is 1.35. The van der Waals surface area contributed by atoms with Crippen molar-refractivity contribution in [1.29, 1.82) is 0 Å². The fraction of sp³-hybridized carbons (Fsp3) is 0.545. The number of anilines is 2. The number of primary amides is 1. The average molecular weight is 253 g/mol. The van der Waals surface area contributed by atoms with Crippen molar-refractivity contribution in [1.82, 2.24) is 9.97 Å². The average Bonchev–Trinajstić information content (AvgIpc) is 2.27. The highest BCUT2D eigenvalue weighted by Gasteiger charge is 2.18. The number of methoxy groups -OCH3 is 1. The van der Waals surface area contributed by atoms with E-state index in [-0.39, 0.29) is 6.54 Å². The van der Waals surface area contributed by atoms with Crippen molar-refractivity contribution in [2.45, 2.75) is 13.8 Å². The molecule has 1 amide bonds. The Morgan fingerprint density at radius 2 is 2.17 bits per heavy atom. The predicted molar refractivity (Wildman–Crippen MR) is 69.2 cm³/mol. The van der Waals surface area contributed by atoms with Gasteiger partial charge in [-0.1, -0.05) is 13.8 Å². The lowest BCUT2D eigenvalue weighted by molar-refractivity contribution is -0.116. The van der Waals surface area contributed by atoms with Crippen molar-refractivity contribution in [3.8, 4) is 5.88 Å². The minimum absolute atomic E-state index is 0.0581. The largest absolute Gasteiger partial charge is 0.479 e. The van der Waals surface area contributed by atoms with Crippen molar-refractivity contribution in [3.05, 3.63) is 6.33 Å². The lowest BCUT2D eigenvalue weighted by Gasteiger charge is -2.25. The van der Waals surface area contributed by atoms with Gasteiger partial charge in [0.15, 0.2) is 5.82 Å². The molecule has 0 bridgehead atoms. The summed E-state index contributed by atoms with van der Waals surface area (Å²) in [4.78, 5) is 20.8. The van der Waals surface area contributed by atoms with Crippen molar-refractivity contribution in [3.63, 3.8) is 0 Å². The molecule has 0 unspecified atom stereocenters. The Morgan fingerprint density at radius 3 is 2.67 bits per heavy atom. The van der Waals surface area contributed by atoms with Crippen molar-refractivity contribution in [2.24, 2.45) is 11.7 Å². The van der Waals surface area contributed by atoms with Gasteiger partial charge in [0.05, 0.1) is 13.7 Å². The first-order valence-electron chi connectivity index (χ1n) is 5.63. The van der Waals surface area contributed by atoms with Gasteiger partial charge in [-0.15, -0.1) is 0 Å². The van der Waals surface area contributed by atoms with Gasteiger partial charge >= 0.3 is 0 Å². The van der Waals surface area contributed by atoms with Crippen LogP contribution in [-0.2, 0) is 4.79 Å². The molecule has 0 radical (unpaired) electrons. The monoisotopic (exact) mass is 253 g/mol. The molecule has 1 heterocycles. The van der Waals surface area contributed by atoms with Crippen LogP contribution in [0.15, 0.2) is 6.33 Å². The molecular weight excluding hydrogens is 234 g/mol. The highest BCUT2D eigenvalue weighted by Crippen LogP contribution is 2.27. The van der Waals surface area contributed by atoms with Gasteiger partial charge in [-0.05, 0) is 5.92 Å². The number of hydrogen-bond donors (Lipinski definition) is 2. The minimum Gasteiger partial charge on any atom is -0.479 e. The first-order chi connectivity index (χ1) is 8.45. The van der Waals surface area contributed by atoms with Crippen LogP contribution in [-0.4, -0.2) is 36.1 Å². The predicted octanol–water partition coefficient (Wildman–Crippen LogP) is 0.0151. The summed E-state index contributed by atoms with van der Waals surface area (Å²) in [5, 5.41) is 0. The SMILES string of the molecule is COc1ncnc(N(CC(N)=O)CC(C)C)c1N. The van der Waals surface area contributed by atoms with Gasteiger partial charge in [0.1, 0.15) is 12.0 Å². The van der Waals surface area contributed by atoms with E-state index in [1.807, 2.05) is 13.8 Å². The second-order valence-corrected chi connectivity index (χ2v) is 4.36. The Morgan fingerprint density at radius 1 is 1.50 bits per heavy atom. The Kier molecular flexibility index (Phi) is 4.70. The molecule has 1 rings (SSSR count). The van der Waals surface area contributed by atoms with E-state index in [0.29, 0.717) is 29.8 Å². The number of nitrogens with two attached hydrogens (primary N) is 2. The number of amides is 1. The van der Waals surface area contributed by atoms with Crippen LogP contribution < -0.4 is 21.1 Å². The van der Waals surface area contributed by atoms with E-state index in [0.717, 1.165) is 0 Å². The van der Waals surface area contributed by atoms with Crippen LogP contribution in [0.5, 0.6) is 5.88 Å². The molecule has 4 N–H and O–H groups in total. The van der Waals surface area contributed by atoms with Crippen molar-refractivity contribution >= 4 is 17.4 Å². The lowest BCUT2D eigenvalue weighted by Crippen LogP contribution is -2.37. The van der Waals surface area contributed by atoms with Crippen LogP contribution in [0.25, 0.3) is 0 Å². The quantitative estimate of drug-likeness (QED) is 0.739. The number of hydrogen-bond acceptors (Lipinski definition) is 6. The second kappa shape index (κ2) is 6.04. The molecule has 0 atom stereocenters. The molecule has 0 fully saturated rings. The first-order valence-corrected chi connectivity index (χ1v) is 5.63. The summed E-state index contributed by atoms with van der Waals surface area (Å²) in [5.74, 6) is 0.657. The highest BCUT2D eigenvalue weighted by atomic mass is 16.5. The van der Waals surface area contributed by atoms with Crippen molar-refractivity contribution in [2.75, 3.05) is 30.8 Å². The van der Waals surface area contributed by atoms with Crippen LogP contribution in [0.3, 0.4) is 0 Å². The Hall–Kier alpha value is -2.05. The number of rotatable bonds is 6. The number of carbonyl (C=O) groups excluding carboxylic acids is 1. The third-order valence-corrected chi connectivity index (χ3v) is 2.25. The van der Waals surface area contributed by atoms with Crippen molar-refractivity contribution < 1.29 is 9.53 Å². The number of ether oxygens (including phenoxy) is 1. The zero-order valence-corrected chi connectivity index (χ0v) is 10.9. The smallest absolute Gasteiger partial charge is 0.242 e. The van der Waals surface area contributed by atoms with Gasteiger partial charge in [-0.2, -0.15) is 4.98 Å². The van der Waals surface area contributed by atoms with E-state index < -0.39 is 5.91 Å². The van der Waals surface area contributed by atoms with E-state index in [9.17, 15) is 4.79 Å². The highest BCUT2D eigenvalue weighted by molar-refractivity contribution is 5.81. The summed E-state index contributed by atoms with van der Waals surface area (Å²) in [7, 11) is 1.48. The maximum absolute atomic E-state index is 11.1. The standard InChI is InChI=1S/C11H19N5O2/c1-7(2)4-16(5-8(12)17)10-9(13)11(18-3)15-6-14-10/h6-7H,4-5,13H2,1-3H3,(H2,12,17). The Bertz CT molecular complexity index is 422. The first kappa shape index (κ1) is 14.0. The topological polar surface area (TPSA) is 107 Å². The van der Waals surface area contributed by atoms with Crippen LogP contribution >= 0.6 is 0 Å². The number of aromatic nitrogens is 2. The van der Waals surface area contributed by atoms with Crippen LogP contribution in [0.4, 0.5) is 11.5 Å². The van der Waals surface area contributed by atoms with Gasteiger partial charge in [0.25, 0.3) is 0 Å². The molecule has 100 valence electrons. The maximum Gasteiger partial charge on any atom is 0.242 e. The number of nitrogen functional groups attached to an aromatic ring is 1. The third-order valence-electron chi connectivity index (χ3n) is 2.25. The van der Waals surface area contributed by atoms with Crippen LogP contribution in [0, 0.1) is 5.92 Å². The Labute approximate surface area is 106 Å². The fourth-order valence-electron chi connectivity index (χ4n) is 1.64. The Balaban J connectivity index is 3.07. The second-order valence-electron chi connectivity index (χ2n) is 4.36. The van der Waals surface area contributed by atoms with E-state index in [2.05, 4.69) is 9.97 Å². The molecular formula is C11H19N5O2. The zero-order valence-electron chi connectivity index (χ0n) is 10.9. The van der Waals surface area contributed by atoms with E-state index in [4.69, 9.17) is 16.2 Å². The van der Waals surface area contributed by atoms with Gasteiger partial charge in [-0.25, -0.2) is 4.98 Å². The third kappa shape index (κ3) is 3.47. The van der Waals surface area contributed by atoms with Crippen LogP contribution in [0.2, 0.25) is 0 Å². The normalized spacial score (nSPS) is 10.4. The van der Waals surface area contributed by atoms with Crippen LogP contribution in [0.1, 0.15) is 13.8 Å². The summed E-state index contributed by atoms with van der Waals surface area (Å²) in [5.41, 5.74) is 11.4. The fourth-order valence-corrected chi connectivity index (χ4v) is 1.64. The molecule has 0 aliphatic rings. The molecule has 0 aliphatic heterocycles. The zero-order chi connectivity index (χ0) is 13.7. The summed E-state index contributed by atoms with van der Waals surface area (Å²) < 4.78 is 5.03. The van der Waals surface area contributed by atoms with Gasteiger partial charge < -0.3 is 21.1 Å². The molecule has 1 aromatic rings. The molecule has 0 aliphatic carbocycles.